The van der Waals surface area contributed by atoms with Crippen LogP contribution in [0.15, 0.2) is 53.4 Å². The van der Waals surface area contributed by atoms with Crippen LogP contribution in [0.25, 0.3) is 0 Å². The van der Waals surface area contributed by atoms with E-state index in [9.17, 15) is 9.18 Å². The molecule has 3 nitrogen and oxygen atoms in total. The zero-order chi connectivity index (χ0) is 20.7. The van der Waals surface area contributed by atoms with Gasteiger partial charge in [0.25, 0.3) is 0 Å². The van der Waals surface area contributed by atoms with Crippen molar-refractivity contribution >= 4 is 17.7 Å². The molecule has 1 fully saturated rings. The molecule has 0 unspecified atom stereocenters. The minimum atomic E-state index is -0.827. The number of hydrogen-bond donors (Lipinski definition) is 0. The van der Waals surface area contributed by atoms with Gasteiger partial charge in [-0.05, 0) is 73.2 Å². The maximum Gasteiger partial charge on any atom is 0.339 e. The molecule has 2 aromatic carbocycles. The summed E-state index contributed by atoms with van der Waals surface area (Å²) in [6.07, 6.45) is 6.85. The molecule has 3 rings (SSSR count). The Labute approximate surface area is 176 Å². The first-order chi connectivity index (χ1) is 14.1. The van der Waals surface area contributed by atoms with Gasteiger partial charge < -0.3 is 4.74 Å². The molecule has 2 aromatic rings. The lowest BCUT2D eigenvalue weighted by Crippen LogP contribution is -2.37. The van der Waals surface area contributed by atoms with Crippen molar-refractivity contribution in [3.8, 4) is 5.40 Å². The summed E-state index contributed by atoms with van der Waals surface area (Å²) in [6.45, 7) is 2.19. The lowest BCUT2D eigenvalue weighted by molar-refractivity contribution is -0.0500. The number of benzene rings is 2. The molecule has 0 N–H and O–H groups in total. The molecule has 0 aromatic heterocycles. The summed E-state index contributed by atoms with van der Waals surface area (Å²) in [5.74, 6) is -0.206. The van der Waals surface area contributed by atoms with E-state index in [4.69, 9.17) is 10.00 Å². The van der Waals surface area contributed by atoms with Gasteiger partial charge in [0.15, 0.2) is 0 Å². The number of carbonyl (C=O) groups is 1. The van der Waals surface area contributed by atoms with E-state index in [0.717, 1.165) is 24.6 Å². The predicted octanol–water partition coefficient (Wildman–Crippen LogP) is 6.83. The van der Waals surface area contributed by atoms with Crippen LogP contribution in [0, 0.1) is 22.4 Å². The third-order valence-corrected chi connectivity index (χ3v) is 6.43. The summed E-state index contributed by atoms with van der Waals surface area (Å²) >= 11 is 0.799. The number of thioether (sulfide) groups is 1. The second-order valence-electron chi connectivity index (χ2n) is 7.67. The summed E-state index contributed by atoms with van der Waals surface area (Å²) in [5.41, 5.74) is 0.347. The summed E-state index contributed by atoms with van der Waals surface area (Å²) in [7, 11) is 0. The first kappa shape index (κ1) is 21.4. The molecule has 0 amide bonds. The number of nitriles is 1. The highest BCUT2D eigenvalue weighted by Crippen LogP contribution is 2.45. The number of esters is 1. The van der Waals surface area contributed by atoms with E-state index in [1.165, 1.54) is 25.3 Å². The van der Waals surface area contributed by atoms with E-state index in [1.807, 2.05) is 11.5 Å². The molecule has 0 radical (unpaired) electrons. The third kappa shape index (κ3) is 5.19. The van der Waals surface area contributed by atoms with Crippen molar-refractivity contribution in [1.82, 2.24) is 0 Å². The molecule has 1 aliphatic carbocycles. The zero-order valence-corrected chi connectivity index (χ0v) is 17.5. The van der Waals surface area contributed by atoms with Crippen molar-refractivity contribution in [3.05, 3.63) is 65.5 Å². The number of hydrogen-bond acceptors (Lipinski definition) is 4. The summed E-state index contributed by atoms with van der Waals surface area (Å²) in [6, 6.07) is 13.8. The molecule has 0 spiro atoms. The SMILES string of the molecule is CCCC[C@H]1CC[C@@](OC(=O)c2ccccc2)(c2ccc(SC#N)c(F)c2)CC1. The largest absolute Gasteiger partial charge is 0.451 e. The van der Waals surface area contributed by atoms with Crippen molar-refractivity contribution < 1.29 is 13.9 Å². The molecule has 1 aliphatic rings. The predicted molar refractivity (Wildman–Crippen MR) is 113 cm³/mol. The number of nitrogens with zero attached hydrogens (tertiary/aromatic N) is 1. The lowest BCUT2D eigenvalue weighted by atomic mass is 9.73. The fourth-order valence-corrected chi connectivity index (χ4v) is 4.49. The van der Waals surface area contributed by atoms with Gasteiger partial charge in [-0.1, -0.05) is 50.5 Å². The number of halogens is 1. The van der Waals surface area contributed by atoms with Gasteiger partial charge in [0.05, 0.1) is 10.5 Å². The molecular formula is C24H26FNO2S. The van der Waals surface area contributed by atoms with E-state index in [0.29, 0.717) is 29.9 Å². The van der Waals surface area contributed by atoms with Crippen LogP contribution in [-0.2, 0) is 10.3 Å². The van der Waals surface area contributed by atoms with Gasteiger partial charge in [0.1, 0.15) is 16.8 Å². The van der Waals surface area contributed by atoms with Gasteiger partial charge >= 0.3 is 5.97 Å². The highest BCUT2D eigenvalue weighted by Gasteiger charge is 2.41. The van der Waals surface area contributed by atoms with Crippen molar-refractivity contribution in [2.75, 3.05) is 0 Å². The van der Waals surface area contributed by atoms with Crippen molar-refractivity contribution in [2.45, 2.75) is 62.4 Å². The van der Waals surface area contributed by atoms with Gasteiger partial charge in [-0.3, -0.25) is 0 Å². The fraction of sp³-hybridized carbons (Fsp3) is 0.417. The van der Waals surface area contributed by atoms with Crippen LogP contribution >= 0.6 is 11.8 Å². The number of rotatable bonds is 7. The average Bonchev–Trinajstić information content (AvgIpc) is 2.75. The molecule has 0 heterocycles. The molecule has 0 saturated heterocycles. The monoisotopic (exact) mass is 411 g/mol. The Bertz CT molecular complexity index is 870. The van der Waals surface area contributed by atoms with Crippen LogP contribution in [0.2, 0.25) is 0 Å². The zero-order valence-electron chi connectivity index (χ0n) is 16.7. The van der Waals surface area contributed by atoms with Gasteiger partial charge in [-0.2, -0.15) is 5.26 Å². The molecule has 0 aliphatic heterocycles. The first-order valence-electron chi connectivity index (χ1n) is 10.2. The number of ether oxygens (including phenoxy) is 1. The van der Waals surface area contributed by atoms with Crippen LogP contribution in [0.4, 0.5) is 4.39 Å². The van der Waals surface area contributed by atoms with E-state index >= 15 is 0 Å². The van der Waals surface area contributed by atoms with Gasteiger partial charge in [-0.15, -0.1) is 0 Å². The Morgan fingerprint density at radius 1 is 1.24 bits per heavy atom. The van der Waals surface area contributed by atoms with Crippen LogP contribution < -0.4 is 0 Å². The smallest absolute Gasteiger partial charge is 0.339 e. The standard InChI is InChI=1S/C24H26FNO2S/c1-2-3-7-18-12-14-24(15-13-18,28-23(27)19-8-5-4-6-9-19)20-10-11-22(29-17-26)21(25)16-20/h4-6,8-11,16,18H,2-3,7,12-15H2,1H3/t18-,24-. The molecule has 1 saturated carbocycles. The van der Waals surface area contributed by atoms with Crippen LogP contribution in [-0.4, -0.2) is 5.97 Å². The highest BCUT2D eigenvalue weighted by molar-refractivity contribution is 8.03. The normalized spacial score (nSPS) is 21.3. The summed E-state index contributed by atoms with van der Waals surface area (Å²) in [4.78, 5) is 13.1. The number of carbonyl (C=O) groups excluding carboxylic acids is 1. The van der Waals surface area contributed by atoms with Crippen LogP contribution in [0.3, 0.4) is 0 Å². The quantitative estimate of drug-likeness (QED) is 0.285. The van der Waals surface area contributed by atoms with Gasteiger partial charge in [-0.25, -0.2) is 9.18 Å². The highest BCUT2D eigenvalue weighted by atomic mass is 32.2. The second kappa shape index (κ2) is 9.93. The molecule has 5 heteroatoms. The van der Waals surface area contributed by atoms with E-state index < -0.39 is 11.4 Å². The molecule has 29 heavy (non-hydrogen) atoms. The first-order valence-corrected chi connectivity index (χ1v) is 11.0. The van der Waals surface area contributed by atoms with Crippen molar-refractivity contribution in [2.24, 2.45) is 5.92 Å². The Hall–Kier alpha value is -2.32. The third-order valence-electron chi connectivity index (χ3n) is 5.79. The minimum absolute atomic E-state index is 0.289. The Kier molecular flexibility index (Phi) is 7.33. The number of unbranched alkanes of at least 4 members (excludes halogenated alkanes) is 1. The second-order valence-corrected chi connectivity index (χ2v) is 8.50. The van der Waals surface area contributed by atoms with Crippen molar-refractivity contribution in [1.29, 1.82) is 5.26 Å². The molecular weight excluding hydrogens is 385 g/mol. The molecule has 0 bridgehead atoms. The summed E-state index contributed by atoms with van der Waals surface area (Å²) < 4.78 is 20.6. The van der Waals surface area contributed by atoms with E-state index in [-0.39, 0.29) is 10.9 Å². The fourth-order valence-electron chi connectivity index (χ4n) is 4.10. The van der Waals surface area contributed by atoms with Crippen LogP contribution in [0.5, 0.6) is 0 Å². The van der Waals surface area contributed by atoms with E-state index in [2.05, 4.69) is 6.92 Å². The van der Waals surface area contributed by atoms with Gasteiger partial charge in [0.2, 0.25) is 0 Å². The van der Waals surface area contributed by atoms with Crippen molar-refractivity contribution in [3.63, 3.8) is 0 Å². The maximum absolute atomic E-state index is 14.6. The minimum Gasteiger partial charge on any atom is -0.451 e. The lowest BCUT2D eigenvalue weighted by Gasteiger charge is -2.40. The van der Waals surface area contributed by atoms with E-state index in [1.54, 1.807) is 36.4 Å². The Morgan fingerprint density at radius 3 is 2.59 bits per heavy atom. The molecule has 0 atom stereocenters. The maximum atomic E-state index is 14.6. The average molecular weight is 412 g/mol. The summed E-state index contributed by atoms with van der Waals surface area (Å²) in [5, 5.41) is 10.7. The Balaban J connectivity index is 1.87. The topological polar surface area (TPSA) is 50.1 Å². The Morgan fingerprint density at radius 2 is 1.97 bits per heavy atom. The van der Waals surface area contributed by atoms with Gasteiger partial charge in [0, 0.05) is 0 Å². The molecule has 152 valence electrons. The van der Waals surface area contributed by atoms with Crippen LogP contribution in [0.1, 0.15) is 67.8 Å². The number of thiocyanates is 1.